The third-order valence-corrected chi connectivity index (χ3v) is 7.99. The van der Waals surface area contributed by atoms with Crippen LogP contribution >= 0.6 is 0 Å². The fourth-order valence-corrected chi connectivity index (χ4v) is 6.25. The van der Waals surface area contributed by atoms with E-state index in [1.165, 1.54) is 11.1 Å². The highest BCUT2D eigenvalue weighted by Crippen LogP contribution is 2.57. The van der Waals surface area contributed by atoms with Crippen LogP contribution in [0.1, 0.15) is 76.8 Å². The van der Waals surface area contributed by atoms with Gasteiger partial charge in [-0.05, 0) is 55.9 Å². The van der Waals surface area contributed by atoms with Crippen LogP contribution in [-0.4, -0.2) is 33.7 Å². The van der Waals surface area contributed by atoms with Crippen LogP contribution in [0.5, 0.6) is 0 Å². The summed E-state index contributed by atoms with van der Waals surface area (Å²) in [6.45, 7) is 4.00. The summed E-state index contributed by atoms with van der Waals surface area (Å²) in [4.78, 5) is 16.9. The van der Waals surface area contributed by atoms with Gasteiger partial charge in [-0.15, -0.1) is 0 Å². The lowest BCUT2D eigenvalue weighted by Gasteiger charge is -2.45. The average Bonchev–Trinajstić information content (AvgIpc) is 3.25. The molecule has 0 radical (unpaired) electrons. The predicted molar refractivity (Wildman–Crippen MR) is 119 cm³/mol. The zero-order valence-corrected chi connectivity index (χ0v) is 18.5. The number of hydrogen-bond donors (Lipinski definition) is 2. The molecule has 2 aromatic rings. The molecule has 4 aliphatic rings. The number of amides is 1. The summed E-state index contributed by atoms with van der Waals surface area (Å²) in [6, 6.07) is 8.63. The molecule has 3 fully saturated rings. The van der Waals surface area contributed by atoms with Crippen LogP contribution in [0.2, 0.25) is 0 Å². The van der Waals surface area contributed by atoms with E-state index in [9.17, 15) is 9.90 Å². The van der Waals surface area contributed by atoms with E-state index < -0.39 is 0 Å². The van der Waals surface area contributed by atoms with Gasteiger partial charge in [0.05, 0.1) is 30.4 Å². The van der Waals surface area contributed by atoms with Gasteiger partial charge in [-0.1, -0.05) is 44.5 Å². The maximum atomic E-state index is 12.5. The zero-order valence-electron chi connectivity index (χ0n) is 18.5. The number of nitrogens with zero attached hydrogens (tertiary/aromatic N) is 2. The van der Waals surface area contributed by atoms with Crippen molar-refractivity contribution >= 4 is 5.91 Å². The zero-order chi connectivity index (χ0) is 21.4. The fourth-order valence-electron chi connectivity index (χ4n) is 6.25. The molecule has 2 bridgehead atoms. The highest BCUT2D eigenvalue weighted by Gasteiger charge is 2.52. The third kappa shape index (κ3) is 3.18. The minimum atomic E-state index is -0.361. The second kappa shape index (κ2) is 8.18. The van der Waals surface area contributed by atoms with Crippen molar-refractivity contribution < 1.29 is 9.90 Å². The maximum absolute atomic E-state index is 12.5. The van der Waals surface area contributed by atoms with Crippen molar-refractivity contribution in [2.45, 2.75) is 77.4 Å². The highest BCUT2D eigenvalue weighted by atomic mass is 16.3. The van der Waals surface area contributed by atoms with Crippen LogP contribution in [0.4, 0.5) is 0 Å². The molecular formula is C25H35N3O2. The van der Waals surface area contributed by atoms with Crippen LogP contribution in [0.3, 0.4) is 0 Å². The normalized spacial score (nSPS) is 29.8. The van der Waals surface area contributed by atoms with Crippen molar-refractivity contribution in [3.05, 3.63) is 42.4 Å². The molecule has 162 valence electrons. The van der Waals surface area contributed by atoms with Crippen LogP contribution in [-0.2, 0) is 4.79 Å². The Morgan fingerprint density at radius 1 is 1.20 bits per heavy atom. The summed E-state index contributed by atoms with van der Waals surface area (Å²) >= 11 is 0. The van der Waals surface area contributed by atoms with Gasteiger partial charge in [-0.2, -0.15) is 0 Å². The summed E-state index contributed by atoms with van der Waals surface area (Å²) < 4.78 is 2.22. The van der Waals surface area contributed by atoms with Crippen LogP contribution < -0.4 is 5.32 Å². The standard InChI is InChI=1S/C23H29N3O2.C2H6/c1-24-21(28)23-8-4-7-22(9-11-23,10-12-23)20(27)13-18-16-5-2-3-6-17(16)19-14-25-15-26(18)19;1-2/h2-3,5-6,14-15,18,20,27H,4,7-13H2,1H3,(H,24,28);1-2H3. The molecule has 1 aliphatic heterocycles. The number of fused-ring (bicyclic) bond motifs is 7. The van der Waals surface area contributed by atoms with Crippen LogP contribution in [0, 0.1) is 10.8 Å². The lowest BCUT2D eigenvalue weighted by Crippen LogP contribution is -2.45. The number of aliphatic hydroxyl groups is 1. The number of carbonyl (C=O) groups excluding carboxylic acids is 1. The first-order valence-electron chi connectivity index (χ1n) is 11.6. The molecule has 30 heavy (non-hydrogen) atoms. The highest BCUT2D eigenvalue weighted by molar-refractivity contribution is 5.82. The topological polar surface area (TPSA) is 67.2 Å². The number of hydrogen-bond acceptors (Lipinski definition) is 3. The molecule has 1 aromatic heterocycles. The number of aromatic nitrogens is 2. The monoisotopic (exact) mass is 409 g/mol. The molecule has 0 saturated heterocycles. The molecular weight excluding hydrogens is 374 g/mol. The molecule has 0 spiro atoms. The summed E-state index contributed by atoms with van der Waals surface area (Å²) in [7, 11) is 1.75. The minimum Gasteiger partial charge on any atom is -0.392 e. The molecule has 5 heteroatoms. The lowest BCUT2D eigenvalue weighted by atomic mass is 9.62. The number of benzene rings is 1. The Labute approximate surface area is 179 Å². The Hall–Kier alpha value is -2.14. The minimum absolute atomic E-state index is 0.0493. The van der Waals surface area contributed by atoms with Gasteiger partial charge in [0.2, 0.25) is 5.91 Å². The van der Waals surface area contributed by atoms with Crippen molar-refractivity contribution in [3.8, 4) is 11.3 Å². The van der Waals surface area contributed by atoms with Gasteiger partial charge in [0.1, 0.15) is 0 Å². The first-order chi connectivity index (χ1) is 14.6. The Morgan fingerprint density at radius 2 is 1.93 bits per heavy atom. The Bertz CT molecular complexity index is 895. The van der Waals surface area contributed by atoms with Crippen molar-refractivity contribution in [2.24, 2.45) is 10.8 Å². The quantitative estimate of drug-likeness (QED) is 0.769. The molecule has 1 aromatic carbocycles. The van der Waals surface area contributed by atoms with Crippen LogP contribution in [0.25, 0.3) is 11.3 Å². The van der Waals surface area contributed by atoms with Crippen molar-refractivity contribution in [3.63, 3.8) is 0 Å². The molecule has 6 rings (SSSR count). The second-order valence-electron chi connectivity index (χ2n) is 9.12. The summed E-state index contributed by atoms with van der Waals surface area (Å²) in [6.07, 6.45) is 10.9. The van der Waals surface area contributed by atoms with E-state index in [1.807, 2.05) is 26.4 Å². The summed E-state index contributed by atoms with van der Waals surface area (Å²) in [5, 5.41) is 14.4. The van der Waals surface area contributed by atoms with E-state index in [4.69, 9.17) is 0 Å². The van der Waals surface area contributed by atoms with Gasteiger partial charge in [0, 0.05) is 18.0 Å². The van der Waals surface area contributed by atoms with E-state index in [2.05, 4.69) is 39.1 Å². The smallest absolute Gasteiger partial charge is 0.225 e. The number of imidazole rings is 1. The lowest BCUT2D eigenvalue weighted by molar-refractivity contribution is -0.134. The van der Waals surface area contributed by atoms with E-state index >= 15 is 0 Å². The second-order valence-corrected chi connectivity index (χ2v) is 9.12. The summed E-state index contributed by atoms with van der Waals surface area (Å²) in [5.41, 5.74) is 3.42. The largest absolute Gasteiger partial charge is 0.392 e. The van der Waals surface area contributed by atoms with E-state index in [1.54, 1.807) is 7.05 Å². The Balaban J connectivity index is 0.00000106. The maximum Gasteiger partial charge on any atom is 0.225 e. The van der Waals surface area contributed by atoms with Gasteiger partial charge in [0.25, 0.3) is 0 Å². The van der Waals surface area contributed by atoms with Gasteiger partial charge < -0.3 is 15.0 Å². The van der Waals surface area contributed by atoms with Gasteiger partial charge in [-0.3, -0.25) is 4.79 Å². The molecule has 1 amide bonds. The number of aliphatic hydroxyl groups excluding tert-OH is 1. The molecule has 2 unspecified atom stereocenters. The first-order valence-corrected chi connectivity index (χ1v) is 11.6. The molecule has 2 heterocycles. The summed E-state index contributed by atoms with van der Waals surface area (Å²) in [5.74, 6) is 0.199. The molecule has 2 atom stereocenters. The third-order valence-electron chi connectivity index (χ3n) is 7.99. The molecule has 3 saturated carbocycles. The van der Waals surface area contributed by atoms with Crippen molar-refractivity contribution in [1.29, 1.82) is 0 Å². The number of rotatable bonds is 4. The van der Waals surface area contributed by atoms with Crippen molar-refractivity contribution in [2.75, 3.05) is 7.05 Å². The Kier molecular flexibility index (Phi) is 5.75. The molecule has 2 N–H and O–H groups in total. The van der Waals surface area contributed by atoms with Crippen LogP contribution in [0.15, 0.2) is 36.8 Å². The molecule has 3 aliphatic carbocycles. The van der Waals surface area contributed by atoms with Gasteiger partial charge >= 0.3 is 0 Å². The van der Waals surface area contributed by atoms with E-state index in [0.29, 0.717) is 6.42 Å². The van der Waals surface area contributed by atoms with Gasteiger partial charge in [-0.25, -0.2) is 4.98 Å². The Morgan fingerprint density at radius 3 is 2.67 bits per heavy atom. The first kappa shape index (κ1) is 21.1. The fraction of sp³-hybridized carbons (Fsp3) is 0.600. The number of nitrogens with one attached hydrogen (secondary N) is 1. The number of carbonyl (C=O) groups is 1. The predicted octanol–water partition coefficient (Wildman–Crippen LogP) is 4.71. The molecule has 5 nitrogen and oxygen atoms in total. The SMILES string of the molecule is CC.CNC(=O)C12CCCC(C(O)CC3c4ccccc4-c4cncn43)(CC1)CC2. The van der Waals surface area contributed by atoms with E-state index in [0.717, 1.165) is 50.6 Å². The van der Waals surface area contributed by atoms with E-state index in [-0.39, 0.29) is 28.9 Å². The van der Waals surface area contributed by atoms with Crippen molar-refractivity contribution in [1.82, 2.24) is 14.9 Å². The van der Waals surface area contributed by atoms with Gasteiger partial charge in [0.15, 0.2) is 0 Å². The average molecular weight is 410 g/mol.